The number of fused-ring (bicyclic) bond motifs is 1. The van der Waals surface area contributed by atoms with E-state index in [2.05, 4.69) is 24.1 Å². The Morgan fingerprint density at radius 2 is 1.91 bits per heavy atom. The van der Waals surface area contributed by atoms with E-state index in [1.54, 1.807) is 23.7 Å². The Balaban J connectivity index is 1.79. The summed E-state index contributed by atoms with van der Waals surface area (Å²) < 4.78 is 9.82. The summed E-state index contributed by atoms with van der Waals surface area (Å²) in [6, 6.07) is 5.51. The molecule has 0 fully saturated rings. The van der Waals surface area contributed by atoms with Crippen LogP contribution in [-0.2, 0) is 25.4 Å². The number of nitrogens with one attached hydrogen (secondary N) is 1. The van der Waals surface area contributed by atoms with Gasteiger partial charge in [0.1, 0.15) is 5.75 Å². The molecule has 0 radical (unpaired) electrons. The van der Waals surface area contributed by atoms with Gasteiger partial charge in [0.15, 0.2) is 11.2 Å². The second kappa shape index (κ2) is 11.2. The first kappa shape index (κ1) is 26.1. The molecule has 0 saturated carbocycles. The van der Waals surface area contributed by atoms with Gasteiger partial charge >= 0.3 is 5.69 Å². The van der Waals surface area contributed by atoms with Gasteiger partial charge in [0.2, 0.25) is 5.91 Å². The zero-order valence-electron chi connectivity index (χ0n) is 21.1. The molecule has 0 saturated heterocycles. The SMILES string of the molecule is CCCCOc1nc2c(c(=O)n(C)c(=O)n2C)n1CCCC(=O)Nc1cc(C(C)CC)ccc1O. The first-order chi connectivity index (χ1) is 16.7. The summed E-state index contributed by atoms with van der Waals surface area (Å²) in [4.78, 5) is 42.3. The van der Waals surface area contributed by atoms with Gasteiger partial charge < -0.3 is 15.2 Å². The quantitative estimate of drug-likeness (QED) is 0.318. The van der Waals surface area contributed by atoms with Gasteiger partial charge in [-0.15, -0.1) is 0 Å². The Bertz CT molecular complexity index is 1320. The van der Waals surface area contributed by atoms with Crippen molar-refractivity contribution in [2.45, 2.75) is 65.3 Å². The molecule has 2 N–H and O–H groups in total. The lowest BCUT2D eigenvalue weighted by atomic mass is 9.98. The van der Waals surface area contributed by atoms with Crippen LogP contribution in [0.1, 0.15) is 64.4 Å². The number of carbonyl (C=O) groups is 1. The average molecular weight is 486 g/mol. The molecule has 2 aromatic heterocycles. The van der Waals surface area contributed by atoms with Gasteiger partial charge in [0, 0.05) is 27.1 Å². The Hall–Kier alpha value is -3.56. The highest BCUT2D eigenvalue weighted by molar-refractivity contribution is 5.92. The summed E-state index contributed by atoms with van der Waals surface area (Å²) in [5.41, 5.74) is 1.01. The van der Waals surface area contributed by atoms with E-state index in [4.69, 9.17) is 4.74 Å². The standard InChI is InChI=1S/C25H35N5O5/c1-6-8-14-35-24-27-22-21(23(33)29(5)25(34)28(22)4)30(24)13-9-10-20(32)26-18-15-17(16(3)7-2)11-12-19(18)31/h11-12,15-16,31H,6-10,13-14H2,1-5H3,(H,26,32). The van der Waals surface area contributed by atoms with Gasteiger partial charge in [0.25, 0.3) is 11.6 Å². The molecule has 0 aliphatic heterocycles. The van der Waals surface area contributed by atoms with Gasteiger partial charge in [0.05, 0.1) is 12.3 Å². The molecule has 2 heterocycles. The first-order valence-corrected chi connectivity index (χ1v) is 12.1. The van der Waals surface area contributed by atoms with E-state index in [9.17, 15) is 19.5 Å². The summed E-state index contributed by atoms with van der Waals surface area (Å²) in [6.45, 7) is 6.95. The maximum Gasteiger partial charge on any atom is 0.332 e. The van der Waals surface area contributed by atoms with Crippen molar-refractivity contribution in [1.82, 2.24) is 18.7 Å². The molecule has 35 heavy (non-hydrogen) atoms. The molecule has 1 atom stereocenters. The number of anilines is 1. The molecule has 3 rings (SSSR count). The lowest BCUT2D eigenvalue weighted by Crippen LogP contribution is -2.37. The molecule has 10 heteroatoms. The van der Waals surface area contributed by atoms with E-state index in [0.717, 1.165) is 29.4 Å². The summed E-state index contributed by atoms with van der Waals surface area (Å²) in [5, 5.41) is 13.0. The van der Waals surface area contributed by atoms with E-state index in [0.29, 0.717) is 31.2 Å². The fraction of sp³-hybridized carbons (Fsp3) is 0.520. The largest absolute Gasteiger partial charge is 0.506 e. The zero-order valence-corrected chi connectivity index (χ0v) is 21.1. The number of hydrogen-bond acceptors (Lipinski definition) is 6. The number of ether oxygens (including phenoxy) is 1. The number of carbonyl (C=O) groups excluding carboxylic acids is 1. The van der Waals surface area contributed by atoms with E-state index in [1.165, 1.54) is 11.6 Å². The Kier molecular flexibility index (Phi) is 8.37. The van der Waals surface area contributed by atoms with Crippen molar-refractivity contribution in [2.75, 3.05) is 11.9 Å². The van der Waals surface area contributed by atoms with Crippen molar-refractivity contribution < 1.29 is 14.6 Å². The summed E-state index contributed by atoms with van der Waals surface area (Å²) in [5.74, 6) is 0.0762. The van der Waals surface area contributed by atoms with E-state index < -0.39 is 11.2 Å². The predicted octanol–water partition coefficient (Wildman–Crippen LogP) is 3.25. The highest BCUT2D eigenvalue weighted by Crippen LogP contribution is 2.29. The lowest BCUT2D eigenvalue weighted by molar-refractivity contribution is -0.116. The number of benzene rings is 1. The first-order valence-electron chi connectivity index (χ1n) is 12.1. The van der Waals surface area contributed by atoms with Crippen molar-refractivity contribution >= 4 is 22.8 Å². The van der Waals surface area contributed by atoms with Crippen LogP contribution in [0, 0.1) is 0 Å². The number of rotatable bonds is 11. The Morgan fingerprint density at radius 1 is 1.17 bits per heavy atom. The Morgan fingerprint density at radius 3 is 2.60 bits per heavy atom. The van der Waals surface area contributed by atoms with Crippen molar-refractivity contribution in [2.24, 2.45) is 14.1 Å². The third kappa shape index (κ3) is 5.58. The predicted molar refractivity (Wildman–Crippen MR) is 135 cm³/mol. The summed E-state index contributed by atoms with van der Waals surface area (Å²) in [6.07, 6.45) is 3.27. The van der Waals surface area contributed by atoms with Crippen LogP contribution in [0.5, 0.6) is 11.8 Å². The molecule has 0 bridgehead atoms. The fourth-order valence-electron chi connectivity index (χ4n) is 3.86. The highest BCUT2D eigenvalue weighted by Gasteiger charge is 2.20. The van der Waals surface area contributed by atoms with Crippen molar-refractivity contribution in [3.8, 4) is 11.8 Å². The van der Waals surface area contributed by atoms with Gasteiger partial charge in [-0.05, 0) is 42.9 Å². The van der Waals surface area contributed by atoms with Gasteiger partial charge in [-0.25, -0.2) is 4.79 Å². The van der Waals surface area contributed by atoms with Crippen LogP contribution in [0.2, 0.25) is 0 Å². The van der Waals surface area contributed by atoms with E-state index in [-0.39, 0.29) is 35.3 Å². The number of imidazole rings is 1. The molecular formula is C25H35N5O5. The number of phenols is 1. The second-order valence-electron chi connectivity index (χ2n) is 8.86. The average Bonchev–Trinajstić information content (AvgIpc) is 3.20. The van der Waals surface area contributed by atoms with Crippen LogP contribution in [0.25, 0.3) is 11.2 Å². The molecule has 0 spiro atoms. The zero-order chi connectivity index (χ0) is 25.7. The summed E-state index contributed by atoms with van der Waals surface area (Å²) in [7, 11) is 2.98. The topological polar surface area (TPSA) is 120 Å². The minimum atomic E-state index is -0.467. The maximum atomic E-state index is 12.9. The smallest absolute Gasteiger partial charge is 0.332 e. The number of amides is 1. The van der Waals surface area contributed by atoms with Crippen LogP contribution in [0.15, 0.2) is 27.8 Å². The van der Waals surface area contributed by atoms with Crippen molar-refractivity contribution in [1.29, 1.82) is 0 Å². The number of aryl methyl sites for hydroxylation is 2. The lowest BCUT2D eigenvalue weighted by Gasteiger charge is -2.13. The van der Waals surface area contributed by atoms with Crippen molar-refractivity contribution in [3.05, 3.63) is 44.6 Å². The highest BCUT2D eigenvalue weighted by atomic mass is 16.5. The molecule has 1 unspecified atom stereocenters. The van der Waals surface area contributed by atoms with Crippen LogP contribution in [-0.4, -0.2) is 36.3 Å². The Labute approximate surface area is 204 Å². The van der Waals surface area contributed by atoms with Crippen LogP contribution >= 0.6 is 0 Å². The van der Waals surface area contributed by atoms with Gasteiger partial charge in [-0.1, -0.05) is 33.3 Å². The summed E-state index contributed by atoms with van der Waals surface area (Å²) >= 11 is 0. The maximum absolute atomic E-state index is 12.9. The van der Waals surface area contributed by atoms with Crippen LogP contribution in [0.4, 0.5) is 5.69 Å². The number of nitrogens with zero attached hydrogens (tertiary/aromatic N) is 4. The third-order valence-corrected chi connectivity index (χ3v) is 6.30. The third-order valence-electron chi connectivity index (χ3n) is 6.30. The van der Waals surface area contributed by atoms with Crippen LogP contribution in [0.3, 0.4) is 0 Å². The molecule has 1 aromatic carbocycles. The molecule has 3 aromatic rings. The van der Waals surface area contributed by atoms with Crippen LogP contribution < -0.4 is 21.3 Å². The number of unbranched alkanes of at least 4 members (excludes halogenated alkanes) is 1. The minimum absolute atomic E-state index is 0.0158. The minimum Gasteiger partial charge on any atom is -0.506 e. The number of hydrogen-bond donors (Lipinski definition) is 2. The van der Waals surface area contributed by atoms with Gasteiger partial charge in [-0.2, -0.15) is 4.98 Å². The van der Waals surface area contributed by atoms with Crippen molar-refractivity contribution in [3.63, 3.8) is 0 Å². The normalized spacial score (nSPS) is 12.1. The number of aromatic hydroxyl groups is 1. The molecule has 10 nitrogen and oxygen atoms in total. The number of aromatic nitrogens is 4. The van der Waals surface area contributed by atoms with Gasteiger partial charge in [-0.3, -0.25) is 23.3 Å². The molecule has 1 amide bonds. The monoisotopic (exact) mass is 485 g/mol. The molecular weight excluding hydrogens is 450 g/mol. The molecule has 190 valence electrons. The van der Waals surface area contributed by atoms with E-state index in [1.807, 2.05) is 13.0 Å². The fourth-order valence-corrected chi connectivity index (χ4v) is 3.86. The second-order valence-corrected chi connectivity index (χ2v) is 8.86. The number of phenolic OH excluding ortho intramolecular Hbond substituents is 1. The molecule has 0 aliphatic rings. The van der Waals surface area contributed by atoms with E-state index >= 15 is 0 Å². The molecule has 0 aliphatic carbocycles.